The topological polar surface area (TPSA) is 111 Å². The maximum Gasteiger partial charge on any atom is 0.416 e. The van der Waals surface area contributed by atoms with E-state index in [0.717, 1.165) is 12.1 Å². The van der Waals surface area contributed by atoms with Crippen LogP contribution in [0.1, 0.15) is 34.5 Å². The fraction of sp³-hybridized carbons (Fsp3) is 0.143. The van der Waals surface area contributed by atoms with Gasteiger partial charge in [-0.05, 0) is 17.7 Å². The summed E-state index contributed by atoms with van der Waals surface area (Å²) in [5, 5.41) is 28.7. The minimum Gasteiger partial charge on any atom is -0.504 e. The molecule has 0 radical (unpaired) electrons. The number of alkyl halides is 3. The largest absolute Gasteiger partial charge is 0.504 e. The molecule has 6 nitrogen and oxygen atoms in total. The molecule has 0 aliphatic rings. The van der Waals surface area contributed by atoms with Crippen molar-refractivity contribution in [2.24, 2.45) is 0 Å². The average molecular weight is 414 g/mol. The first-order valence-electron chi connectivity index (χ1n) is 8.62. The number of carboxylic acids is 1. The number of aromatic nitrogens is 1. The number of hydrogen-bond acceptors (Lipinski definition) is 5. The number of nitriles is 1. The number of rotatable bonds is 5. The zero-order chi connectivity index (χ0) is 22.1. The standard InChI is InChI=1S/C21H13F3N2O4/c22-21(23,24)12-4-1-3-11(9-12)13-5-2-6-14-15(10-25)20(30)19(26-18(13)14)16(27)7-8-17(28)29/h1-6,9,30H,7-8H2,(H,28,29). The minimum absolute atomic E-state index is 0.0462. The molecule has 0 fully saturated rings. The van der Waals surface area contributed by atoms with Gasteiger partial charge in [0.05, 0.1) is 17.5 Å². The Kier molecular flexibility index (Phi) is 5.43. The highest BCUT2D eigenvalue weighted by molar-refractivity contribution is 6.05. The highest BCUT2D eigenvalue weighted by Crippen LogP contribution is 2.37. The normalized spacial score (nSPS) is 11.3. The zero-order valence-electron chi connectivity index (χ0n) is 15.2. The van der Waals surface area contributed by atoms with Crippen molar-refractivity contribution >= 4 is 22.7 Å². The van der Waals surface area contributed by atoms with Crippen molar-refractivity contribution in [3.05, 3.63) is 59.3 Å². The smallest absolute Gasteiger partial charge is 0.416 e. The summed E-state index contributed by atoms with van der Waals surface area (Å²) in [6.07, 6.45) is -5.53. The molecule has 2 aromatic carbocycles. The number of para-hydroxylation sites is 1. The lowest BCUT2D eigenvalue weighted by Crippen LogP contribution is -2.08. The second-order valence-electron chi connectivity index (χ2n) is 6.39. The molecule has 0 atom stereocenters. The lowest BCUT2D eigenvalue weighted by molar-refractivity contribution is -0.138. The van der Waals surface area contributed by atoms with Crippen LogP contribution in [0.2, 0.25) is 0 Å². The van der Waals surface area contributed by atoms with Crippen molar-refractivity contribution < 1.29 is 33.0 Å². The highest BCUT2D eigenvalue weighted by atomic mass is 19.4. The van der Waals surface area contributed by atoms with Gasteiger partial charge in [0, 0.05) is 17.4 Å². The summed E-state index contributed by atoms with van der Waals surface area (Å²) < 4.78 is 39.3. The van der Waals surface area contributed by atoms with Crippen LogP contribution in [0.4, 0.5) is 13.2 Å². The van der Waals surface area contributed by atoms with Crippen LogP contribution in [0, 0.1) is 11.3 Å². The SMILES string of the molecule is N#Cc1c(O)c(C(=O)CCC(=O)O)nc2c(-c3cccc(C(F)(F)F)c3)cccc12. The number of hydrogen-bond donors (Lipinski definition) is 2. The Morgan fingerprint density at radius 1 is 1.10 bits per heavy atom. The first kappa shape index (κ1) is 20.8. The Morgan fingerprint density at radius 2 is 1.80 bits per heavy atom. The van der Waals surface area contributed by atoms with Gasteiger partial charge in [-0.15, -0.1) is 0 Å². The van der Waals surface area contributed by atoms with Crippen molar-refractivity contribution in [3.8, 4) is 22.9 Å². The van der Waals surface area contributed by atoms with Crippen molar-refractivity contribution in [2.45, 2.75) is 19.0 Å². The Balaban J connectivity index is 2.26. The predicted molar refractivity (Wildman–Crippen MR) is 99.8 cm³/mol. The first-order chi connectivity index (χ1) is 14.1. The monoisotopic (exact) mass is 414 g/mol. The molecule has 0 aliphatic heterocycles. The summed E-state index contributed by atoms with van der Waals surface area (Å²) in [4.78, 5) is 27.2. The van der Waals surface area contributed by atoms with Crippen molar-refractivity contribution in [1.29, 1.82) is 5.26 Å². The average Bonchev–Trinajstić information content (AvgIpc) is 2.70. The van der Waals surface area contributed by atoms with E-state index in [0.29, 0.717) is 0 Å². The molecule has 0 aliphatic carbocycles. The lowest BCUT2D eigenvalue weighted by Gasteiger charge is -2.13. The molecule has 1 heterocycles. The van der Waals surface area contributed by atoms with Crippen LogP contribution in [-0.4, -0.2) is 26.9 Å². The number of halogens is 3. The van der Waals surface area contributed by atoms with E-state index in [4.69, 9.17) is 5.11 Å². The molecule has 0 amide bonds. The van der Waals surface area contributed by atoms with Crippen LogP contribution in [-0.2, 0) is 11.0 Å². The van der Waals surface area contributed by atoms with E-state index in [9.17, 15) is 33.1 Å². The number of carbonyl (C=O) groups excluding carboxylic acids is 1. The number of Topliss-reactive ketones (excluding diaryl/α,β-unsaturated/α-hetero) is 1. The molecule has 3 rings (SSSR count). The van der Waals surface area contributed by atoms with Crippen molar-refractivity contribution in [3.63, 3.8) is 0 Å². The van der Waals surface area contributed by atoms with E-state index in [1.807, 2.05) is 0 Å². The molecule has 30 heavy (non-hydrogen) atoms. The van der Waals surface area contributed by atoms with E-state index in [1.54, 1.807) is 6.07 Å². The van der Waals surface area contributed by atoms with Crippen LogP contribution >= 0.6 is 0 Å². The number of pyridine rings is 1. The zero-order valence-corrected chi connectivity index (χ0v) is 15.2. The summed E-state index contributed by atoms with van der Waals surface area (Å²) in [6.45, 7) is 0. The number of ketones is 1. The van der Waals surface area contributed by atoms with Crippen LogP contribution in [0.15, 0.2) is 42.5 Å². The lowest BCUT2D eigenvalue weighted by atomic mass is 9.96. The van der Waals surface area contributed by atoms with E-state index in [2.05, 4.69) is 4.98 Å². The van der Waals surface area contributed by atoms with Crippen LogP contribution in [0.5, 0.6) is 5.75 Å². The summed E-state index contributed by atoms with van der Waals surface area (Å²) in [6, 6.07) is 10.7. The summed E-state index contributed by atoms with van der Waals surface area (Å²) >= 11 is 0. The predicted octanol–water partition coefficient (Wildman–Crippen LogP) is 4.55. The molecule has 0 bridgehead atoms. The Labute approximate surface area is 167 Å². The van der Waals surface area contributed by atoms with Crippen molar-refractivity contribution in [2.75, 3.05) is 0 Å². The second kappa shape index (κ2) is 7.83. The van der Waals surface area contributed by atoms with Gasteiger partial charge in [-0.25, -0.2) is 4.98 Å². The second-order valence-corrected chi connectivity index (χ2v) is 6.39. The Hall–Kier alpha value is -3.93. The third-order valence-electron chi connectivity index (χ3n) is 4.43. The molecule has 0 saturated heterocycles. The molecule has 0 unspecified atom stereocenters. The molecule has 9 heteroatoms. The van der Waals surface area contributed by atoms with Gasteiger partial charge in [0.25, 0.3) is 0 Å². The van der Waals surface area contributed by atoms with E-state index < -0.39 is 47.8 Å². The number of carboxylic acid groups (broad SMARTS) is 1. The van der Waals surface area contributed by atoms with Crippen LogP contribution in [0.3, 0.4) is 0 Å². The molecule has 3 aromatic rings. The van der Waals surface area contributed by atoms with E-state index >= 15 is 0 Å². The fourth-order valence-corrected chi connectivity index (χ4v) is 3.02. The van der Waals surface area contributed by atoms with E-state index in [-0.39, 0.29) is 27.6 Å². The Morgan fingerprint density at radius 3 is 2.43 bits per heavy atom. The number of nitrogens with zero attached hydrogens (tertiary/aromatic N) is 2. The third-order valence-corrected chi connectivity index (χ3v) is 4.43. The molecular weight excluding hydrogens is 401 g/mol. The van der Waals surface area contributed by atoms with Gasteiger partial charge in [0.2, 0.25) is 0 Å². The number of aliphatic carboxylic acids is 1. The molecule has 0 saturated carbocycles. The third kappa shape index (κ3) is 3.93. The van der Waals surface area contributed by atoms with Gasteiger partial charge in [0.1, 0.15) is 17.3 Å². The van der Waals surface area contributed by atoms with Gasteiger partial charge in [0.15, 0.2) is 11.5 Å². The molecule has 0 spiro atoms. The van der Waals surface area contributed by atoms with Gasteiger partial charge in [-0.1, -0.05) is 30.3 Å². The van der Waals surface area contributed by atoms with Crippen molar-refractivity contribution in [1.82, 2.24) is 4.98 Å². The number of aromatic hydroxyl groups is 1. The minimum atomic E-state index is -4.57. The molecular formula is C21H13F3N2O4. The summed E-state index contributed by atoms with van der Waals surface area (Å²) in [7, 11) is 0. The molecule has 1 aromatic heterocycles. The maximum absolute atomic E-state index is 13.1. The molecule has 2 N–H and O–H groups in total. The van der Waals surface area contributed by atoms with Gasteiger partial charge < -0.3 is 10.2 Å². The first-order valence-corrected chi connectivity index (χ1v) is 8.62. The highest BCUT2D eigenvalue weighted by Gasteiger charge is 2.30. The Bertz CT molecular complexity index is 1210. The van der Waals surface area contributed by atoms with Gasteiger partial charge in [-0.2, -0.15) is 18.4 Å². The van der Waals surface area contributed by atoms with Crippen LogP contribution in [0.25, 0.3) is 22.0 Å². The van der Waals surface area contributed by atoms with Crippen LogP contribution < -0.4 is 0 Å². The quantitative estimate of drug-likeness (QED) is 0.593. The van der Waals surface area contributed by atoms with Gasteiger partial charge >= 0.3 is 12.1 Å². The molecule has 152 valence electrons. The number of carbonyl (C=O) groups is 2. The summed E-state index contributed by atoms with van der Waals surface area (Å²) in [5.74, 6) is -2.72. The maximum atomic E-state index is 13.1. The van der Waals surface area contributed by atoms with E-state index in [1.165, 1.54) is 30.3 Å². The summed E-state index contributed by atoms with van der Waals surface area (Å²) in [5.41, 5.74) is -1.23. The number of fused-ring (bicyclic) bond motifs is 1. The fourth-order valence-electron chi connectivity index (χ4n) is 3.02. The number of benzene rings is 2. The van der Waals surface area contributed by atoms with Gasteiger partial charge in [-0.3, -0.25) is 9.59 Å².